The van der Waals surface area contributed by atoms with E-state index in [9.17, 15) is 4.79 Å². The smallest absolute Gasteiger partial charge is 0.151 e. The molecule has 2 rings (SSSR count). The van der Waals surface area contributed by atoms with E-state index >= 15 is 0 Å². The molecule has 17 heavy (non-hydrogen) atoms. The minimum atomic E-state index is 0.662. The summed E-state index contributed by atoms with van der Waals surface area (Å²) in [6, 6.07) is 1.92. The van der Waals surface area contributed by atoms with Crippen LogP contribution in [0.15, 0.2) is 12.3 Å². The van der Waals surface area contributed by atoms with Gasteiger partial charge in [0.2, 0.25) is 0 Å². The molecule has 0 aliphatic carbocycles. The number of aldehydes is 1. The van der Waals surface area contributed by atoms with Crippen molar-refractivity contribution in [2.24, 2.45) is 5.92 Å². The van der Waals surface area contributed by atoms with Gasteiger partial charge in [0, 0.05) is 24.8 Å². The number of hydrogen-bond donors (Lipinski definition) is 0. The van der Waals surface area contributed by atoms with Gasteiger partial charge in [0.05, 0.1) is 0 Å². The van der Waals surface area contributed by atoms with E-state index in [1.807, 2.05) is 13.0 Å². The van der Waals surface area contributed by atoms with Gasteiger partial charge in [0.1, 0.15) is 5.82 Å². The molecule has 1 saturated heterocycles. The third-order valence-electron chi connectivity index (χ3n) is 3.52. The SMILES string of the molecule is Cc1cc(C=O)cnc1N1CCCC(C)CC1. The fourth-order valence-corrected chi connectivity index (χ4v) is 2.46. The van der Waals surface area contributed by atoms with Gasteiger partial charge in [-0.15, -0.1) is 0 Å². The summed E-state index contributed by atoms with van der Waals surface area (Å²) in [7, 11) is 0. The summed E-state index contributed by atoms with van der Waals surface area (Å²) in [5.41, 5.74) is 1.76. The number of anilines is 1. The van der Waals surface area contributed by atoms with Crippen molar-refractivity contribution in [2.75, 3.05) is 18.0 Å². The summed E-state index contributed by atoms with van der Waals surface area (Å²) < 4.78 is 0. The van der Waals surface area contributed by atoms with Crippen LogP contribution in [0.3, 0.4) is 0 Å². The Hall–Kier alpha value is -1.38. The van der Waals surface area contributed by atoms with Crippen LogP contribution in [0, 0.1) is 12.8 Å². The van der Waals surface area contributed by atoms with Crippen molar-refractivity contribution in [3.63, 3.8) is 0 Å². The summed E-state index contributed by atoms with van der Waals surface area (Å²) in [6.45, 7) is 6.51. The number of carbonyl (C=O) groups is 1. The Morgan fingerprint density at radius 2 is 2.24 bits per heavy atom. The molecule has 0 radical (unpaired) electrons. The molecule has 2 heterocycles. The van der Waals surface area contributed by atoms with Crippen LogP contribution in [-0.2, 0) is 0 Å². The maximum atomic E-state index is 10.7. The number of carbonyl (C=O) groups excluding carboxylic acids is 1. The minimum Gasteiger partial charge on any atom is -0.356 e. The van der Waals surface area contributed by atoms with E-state index in [4.69, 9.17) is 0 Å². The number of nitrogens with zero attached hydrogens (tertiary/aromatic N) is 2. The van der Waals surface area contributed by atoms with Crippen LogP contribution in [0.25, 0.3) is 0 Å². The largest absolute Gasteiger partial charge is 0.356 e. The maximum Gasteiger partial charge on any atom is 0.151 e. The molecule has 0 N–H and O–H groups in total. The Balaban J connectivity index is 2.18. The number of pyridine rings is 1. The molecule has 1 atom stereocenters. The number of rotatable bonds is 2. The van der Waals surface area contributed by atoms with Crippen LogP contribution < -0.4 is 4.90 Å². The number of aryl methyl sites for hydroxylation is 1. The standard InChI is InChI=1S/C14H20N2O/c1-11-4-3-6-16(7-5-11)14-12(2)8-13(10-17)9-15-14/h8-11H,3-7H2,1-2H3. The molecule has 1 aromatic heterocycles. The van der Waals surface area contributed by atoms with E-state index < -0.39 is 0 Å². The fraction of sp³-hybridized carbons (Fsp3) is 0.571. The highest BCUT2D eigenvalue weighted by Gasteiger charge is 2.16. The maximum absolute atomic E-state index is 10.7. The van der Waals surface area contributed by atoms with Crippen molar-refractivity contribution < 1.29 is 4.79 Å². The first-order chi connectivity index (χ1) is 8.20. The van der Waals surface area contributed by atoms with Crippen molar-refractivity contribution in [1.82, 2.24) is 4.98 Å². The summed E-state index contributed by atoms with van der Waals surface area (Å²) in [6.07, 6.45) is 6.30. The zero-order valence-corrected chi connectivity index (χ0v) is 10.6. The first-order valence-corrected chi connectivity index (χ1v) is 6.37. The van der Waals surface area contributed by atoms with E-state index in [0.717, 1.165) is 36.7 Å². The molecule has 1 unspecified atom stereocenters. The second-order valence-electron chi connectivity index (χ2n) is 5.05. The van der Waals surface area contributed by atoms with Gasteiger partial charge in [-0.3, -0.25) is 4.79 Å². The van der Waals surface area contributed by atoms with Gasteiger partial charge >= 0.3 is 0 Å². The van der Waals surface area contributed by atoms with E-state index in [-0.39, 0.29) is 0 Å². The molecule has 3 nitrogen and oxygen atoms in total. The van der Waals surface area contributed by atoms with Gasteiger partial charge in [0.15, 0.2) is 6.29 Å². The van der Waals surface area contributed by atoms with E-state index in [1.165, 1.54) is 19.3 Å². The lowest BCUT2D eigenvalue weighted by atomic mass is 10.0. The molecule has 1 aliphatic rings. The third-order valence-corrected chi connectivity index (χ3v) is 3.52. The molecule has 0 amide bonds. The van der Waals surface area contributed by atoms with Crippen LogP contribution in [0.2, 0.25) is 0 Å². The first kappa shape index (κ1) is 12.1. The quantitative estimate of drug-likeness (QED) is 0.735. The summed E-state index contributed by atoms with van der Waals surface area (Å²) in [5, 5.41) is 0. The Morgan fingerprint density at radius 1 is 1.41 bits per heavy atom. The van der Waals surface area contributed by atoms with Crippen LogP contribution in [0.4, 0.5) is 5.82 Å². The molecular weight excluding hydrogens is 212 g/mol. The van der Waals surface area contributed by atoms with Crippen molar-refractivity contribution in [3.05, 3.63) is 23.4 Å². The van der Waals surface area contributed by atoms with Crippen LogP contribution in [0.5, 0.6) is 0 Å². The highest BCUT2D eigenvalue weighted by atomic mass is 16.1. The fourth-order valence-electron chi connectivity index (χ4n) is 2.46. The van der Waals surface area contributed by atoms with Gasteiger partial charge in [-0.2, -0.15) is 0 Å². The van der Waals surface area contributed by atoms with E-state index in [1.54, 1.807) is 6.20 Å². The zero-order valence-electron chi connectivity index (χ0n) is 10.6. The van der Waals surface area contributed by atoms with Crippen molar-refractivity contribution in [2.45, 2.75) is 33.1 Å². The Morgan fingerprint density at radius 3 is 2.94 bits per heavy atom. The van der Waals surface area contributed by atoms with Gasteiger partial charge in [-0.25, -0.2) is 4.98 Å². The molecular formula is C14H20N2O. The van der Waals surface area contributed by atoms with E-state index in [2.05, 4.69) is 16.8 Å². The molecule has 3 heteroatoms. The molecule has 1 fully saturated rings. The Bertz CT molecular complexity index is 403. The molecule has 92 valence electrons. The second kappa shape index (κ2) is 5.30. The predicted molar refractivity (Wildman–Crippen MR) is 69.6 cm³/mol. The molecule has 0 saturated carbocycles. The van der Waals surface area contributed by atoms with Crippen molar-refractivity contribution >= 4 is 12.1 Å². The van der Waals surface area contributed by atoms with Gasteiger partial charge < -0.3 is 4.90 Å². The summed E-state index contributed by atoms with van der Waals surface area (Å²) in [4.78, 5) is 17.5. The van der Waals surface area contributed by atoms with Crippen LogP contribution in [-0.4, -0.2) is 24.4 Å². The number of hydrogen-bond acceptors (Lipinski definition) is 3. The third kappa shape index (κ3) is 2.84. The normalized spacial score (nSPS) is 21.1. The highest BCUT2D eigenvalue weighted by Crippen LogP contribution is 2.23. The zero-order chi connectivity index (χ0) is 12.3. The number of aromatic nitrogens is 1. The van der Waals surface area contributed by atoms with Crippen LogP contribution >= 0.6 is 0 Å². The van der Waals surface area contributed by atoms with Crippen molar-refractivity contribution in [3.8, 4) is 0 Å². The lowest BCUT2D eigenvalue weighted by Crippen LogP contribution is -2.26. The molecule has 0 spiro atoms. The monoisotopic (exact) mass is 232 g/mol. The van der Waals surface area contributed by atoms with Gasteiger partial charge in [-0.1, -0.05) is 6.92 Å². The first-order valence-electron chi connectivity index (χ1n) is 6.37. The lowest BCUT2D eigenvalue weighted by Gasteiger charge is -2.23. The Kier molecular flexibility index (Phi) is 3.77. The molecule has 0 bridgehead atoms. The highest BCUT2D eigenvalue weighted by molar-refractivity contribution is 5.75. The Labute approximate surface area is 103 Å². The average Bonchev–Trinajstić information content (AvgIpc) is 2.54. The van der Waals surface area contributed by atoms with Gasteiger partial charge in [0.25, 0.3) is 0 Å². The predicted octanol–water partition coefficient (Wildman–Crippen LogP) is 2.83. The van der Waals surface area contributed by atoms with Gasteiger partial charge in [-0.05, 0) is 43.7 Å². The summed E-state index contributed by atoms with van der Waals surface area (Å²) in [5.74, 6) is 1.86. The topological polar surface area (TPSA) is 33.2 Å². The molecule has 0 aromatic carbocycles. The molecule has 1 aliphatic heterocycles. The second-order valence-corrected chi connectivity index (χ2v) is 5.05. The summed E-state index contributed by atoms with van der Waals surface area (Å²) >= 11 is 0. The minimum absolute atomic E-state index is 0.662. The average molecular weight is 232 g/mol. The molecule has 1 aromatic rings. The lowest BCUT2D eigenvalue weighted by molar-refractivity contribution is 0.112. The van der Waals surface area contributed by atoms with Crippen molar-refractivity contribution in [1.29, 1.82) is 0 Å². The van der Waals surface area contributed by atoms with Crippen LogP contribution in [0.1, 0.15) is 42.1 Å². The van der Waals surface area contributed by atoms with E-state index in [0.29, 0.717) is 5.56 Å².